The van der Waals surface area contributed by atoms with Gasteiger partial charge in [0.25, 0.3) is 0 Å². The minimum absolute atomic E-state index is 0.291. The first-order valence-electron chi connectivity index (χ1n) is 10.4. The van der Waals surface area contributed by atoms with Crippen molar-refractivity contribution in [2.24, 2.45) is 0 Å². The van der Waals surface area contributed by atoms with Gasteiger partial charge in [0, 0.05) is 6.07 Å². The highest BCUT2D eigenvalue weighted by molar-refractivity contribution is 5.76. The summed E-state index contributed by atoms with van der Waals surface area (Å²) >= 11 is 0. The highest BCUT2D eigenvalue weighted by atomic mass is 16.5. The molecular formula is C27H28O6. The van der Waals surface area contributed by atoms with Crippen LogP contribution in [-0.4, -0.2) is 30.9 Å². The monoisotopic (exact) mass is 448 g/mol. The summed E-state index contributed by atoms with van der Waals surface area (Å²) in [7, 11) is 3.25. The summed E-state index contributed by atoms with van der Waals surface area (Å²) < 4.78 is 22.2. The molecule has 172 valence electrons. The van der Waals surface area contributed by atoms with Crippen molar-refractivity contribution >= 4 is 18.1 Å². The Kier molecular flexibility index (Phi) is 7.61. The summed E-state index contributed by atoms with van der Waals surface area (Å²) in [6.07, 6.45) is 3.99. The Morgan fingerprint density at radius 2 is 1.48 bits per heavy atom. The summed E-state index contributed by atoms with van der Waals surface area (Å²) in [5.74, 6) is 1.58. The van der Waals surface area contributed by atoms with Crippen molar-refractivity contribution in [1.29, 1.82) is 0 Å². The maximum absolute atomic E-state index is 11.3. The molecule has 0 aromatic heterocycles. The molecule has 0 aliphatic rings. The molecule has 0 amide bonds. The fourth-order valence-corrected chi connectivity index (χ4v) is 3.00. The lowest BCUT2D eigenvalue weighted by Gasteiger charge is -2.21. The molecule has 0 atom stereocenters. The second-order valence-electron chi connectivity index (χ2n) is 7.90. The van der Waals surface area contributed by atoms with Crippen molar-refractivity contribution in [3.05, 3.63) is 83.4 Å². The number of methoxy groups -OCH3 is 2. The molecule has 0 spiro atoms. The van der Waals surface area contributed by atoms with Crippen molar-refractivity contribution in [2.45, 2.75) is 26.1 Å². The molecule has 0 aliphatic heterocycles. The molecule has 3 aromatic carbocycles. The second-order valence-corrected chi connectivity index (χ2v) is 7.90. The van der Waals surface area contributed by atoms with E-state index in [-0.39, 0.29) is 0 Å². The lowest BCUT2D eigenvalue weighted by Crippen LogP contribution is -2.37. The largest absolute Gasteiger partial charge is 0.497 e. The van der Waals surface area contributed by atoms with Gasteiger partial charge in [0.1, 0.15) is 29.6 Å². The van der Waals surface area contributed by atoms with Gasteiger partial charge in [-0.1, -0.05) is 36.4 Å². The van der Waals surface area contributed by atoms with Gasteiger partial charge >= 0.3 is 5.97 Å². The van der Waals surface area contributed by atoms with E-state index in [4.69, 9.17) is 18.9 Å². The maximum Gasteiger partial charge on any atom is 0.347 e. The van der Waals surface area contributed by atoms with Crippen LogP contribution < -0.4 is 18.9 Å². The average Bonchev–Trinajstić information content (AvgIpc) is 2.81. The highest BCUT2D eigenvalue weighted by Gasteiger charge is 2.29. The lowest BCUT2D eigenvalue weighted by molar-refractivity contribution is -0.152. The van der Waals surface area contributed by atoms with Gasteiger partial charge in [-0.25, -0.2) is 4.79 Å². The topological polar surface area (TPSA) is 74.2 Å². The van der Waals surface area contributed by atoms with Crippen LogP contribution in [0, 0.1) is 0 Å². The normalized spacial score (nSPS) is 11.3. The van der Waals surface area contributed by atoms with Crippen LogP contribution in [0.1, 0.15) is 30.5 Å². The Labute approximate surface area is 194 Å². The van der Waals surface area contributed by atoms with Gasteiger partial charge in [-0.15, -0.1) is 0 Å². The fraction of sp³-hybridized carbons (Fsp3) is 0.222. The van der Waals surface area contributed by atoms with Crippen LogP contribution in [0.15, 0.2) is 66.7 Å². The molecule has 6 heteroatoms. The van der Waals surface area contributed by atoms with Gasteiger partial charge in [-0.2, -0.15) is 0 Å². The lowest BCUT2D eigenvalue weighted by atomic mass is 10.1. The first-order valence-corrected chi connectivity index (χ1v) is 10.4. The molecule has 33 heavy (non-hydrogen) atoms. The number of carbonyl (C=O) groups is 1. The second kappa shape index (κ2) is 10.6. The predicted octanol–water partition coefficient (Wildman–Crippen LogP) is 5.70. The van der Waals surface area contributed by atoms with Gasteiger partial charge in [-0.3, -0.25) is 0 Å². The molecule has 0 heterocycles. The van der Waals surface area contributed by atoms with Crippen LogP contribution >= 0.6 is 0 Å². The minimum Gasteiger partial charge on any atom is -0.497 e. The zero-order chi connectivity index (χ0) is 23.8. The van der Waals surface area contributed by atoms with Crippen LogP contribution in [0.2, 0.25) is 0 Å². The molecule has 0 saturated carbocycles. The molecule has 1 N–H and O–H groups in total. The van der Waals surface area contributed by atoms with Crippen LogP contribution in [0.4, 0.5) is 0 Å². The number of rotatable bonds is 10. The van der Waals surface area contributed by atoms with E-state index in [9.17, 15) is 9.90 Å². The van der Waals surface area contributed by atoms with Gasteiger partial charge < -0.3 is 24.1 Å². The highest BCUT2D eigenvalue weighted by Crippen LogP contribution is 2.26. The Bertz CT molecular complexity index is 1120. The molecule has 3 rings (SSSR count). The first-order chi connectivity index (χ1) is 15.8. The Morgan fingerprint density at radius 1 is 0.818 bits per heavy atom. The number of aliphatic carboxylic acids is 1. The summed E-state index contributed by atoms with van der Waals surface area (Å²) in [5.41, 5.74) is 1.51. The molecule has 6 nitrogen and oxygen atoms in total. The molecule has 0 saturated heterocycles. The van der Waals surface area contributed by atoms with Crippen LogP contribution in [0.3, 0.4) is 0 Å². The fourth-order valence-electron chi connectivity index (χ4n) is 3.00. The van der Waals surface area contributed by atoms with E-state index >= 15 is 0 Å². The SMILES string of the molecule is COc1ccc(/C=C/c2cc(OC)cc(OCc3cccc(OC(C)(C)C(=O)O)c3)c2)cc1. The van der Waals surface area contributed by atoms with E-state index in [1.807, 2.05) is 60.7 Å². The molecular weight excluding hydrogens is 420 g/mol. The summed E-state index contributed by atoms with van der Waals surface area (Å²) in [5, 5.41) is 9.27. The number of benzene rings is 3. The van der Waals surface area contributed by atoms with Crippen molar-refractivity contribution in [3.8, 4) is 23.0 Å². The average molecular weight is 449 g/mol. The molecule has 0 aliphatic carbocycles. The molecule has 0 bridgehead atoms. The van der Waals surface area contributed by atoms with Crippen molar-refractivity contribution < 1.29 is 28.8 Å². The number of carboxylic acid groups (broad SMARTS) is 1. The zero-order valence-electron chi connectivity index (χ0n) is 19.2. The maximum atomic E-state index is 11.3. The number of hydrogen-bond acceptors (Lipinski definition) is 5. The third kappa shape index (κ3) is 6.77. The number of hydrogen-bond donors (Lipinski definition) is 1. The van der Waals surface area contributed by atoms with Crippen molar-refractivity contribution in [2.75, 3.05) is 14.2 Å². The van der Waals surface area contributed by atoms with E-state index < -0.39 is 11.6 Å². The van der Waals surface area contributed by atoms with E-state index in [1.165, 1.54) is 13.8 Å². The van der Waals surface area contributed by atoms with Crippen LogP contribution in [0.25, 0.3) is 12.2 Å². The third-order valence-electron chi connectivity index (χ3n) is 4.91. The van der Waals surface area contributed by atoms with Crippen molar-refractivity contribution in [3.63, 3.8) is 0 Å². The minimum atomic E-state index is -1.32. The van der Waals surface area contributed by atoms with Gasteiger partial charge in [-0.05, 0) is 66.9 Å². The summed E-state index contributed by atoms with van der Waals surface area (Å²) in [6, 6.07) is 20.7. The number of carboxylic acids is 1. The zero-order valence-corrected chi connectivity index (χ0v) is 19.2. The molecule has 3 aromatic rings. The molecule has 0 radical (unpaired) electrons. The third-order valence-corrected chi connectivity index (χ3v) is 4.91. The predicted molar refractivity (Wildman–Crippen MR) is 128 cm³/mol. The Morgan fingerprint density at radius 3 is 2.15 bits per heavy atom. The van der Waals surface area contributed by atoms with E-state index in [0.29, 0.717) is 23.9 Å². The summed E-state index contributed by atoms with van der Waals surface area (Å²) in [6.45, 7) is 3.31. The molecule has 0 fully saturated rings. The Balaban J connectivity index is 1.71. The van der Waals surface area contributed by atoms with E-state index in [1.54, 1.807) is 32.4 Å². The van der Waals surface area contributed by atoms with E-state index in [2.05, 4.69) is 0 Å². The van der Waals surface area contributed by atoms with Gasteiger partial charge in [0.2, 0.25) is 0 Å². The van der Waals surface area contributed by atoms with Crippen LogP contribution in [-0.2, 0) is 11.4 Å². The summed E-state index contributed by atoms with van der Waals surface area (Å²) in [4.78, 5) is 11.3. The Hall–Kier alpha value is -3.93. The smallest absolute Gasteiger partial charge is 0.347 e. The van der Waals surface area contributed by atoms with Crippen molar-refractivity contribution in [1.82, 2.24) is 0 Å². The van der Waals surface area contributed by atoms with Gasteiger partial charge in [0.15, 0.2) is 5.60 Å². The van der Waals surface area contributed by atoms with Gasteiger partial charge in [0.05, 0.1) is 14.2 Å². The number of ether oxygens (including phenoxy) is 4. The van der Waals surface area contributed by atoms with E-state index in [0.717, 1.165) is 22.4 Å². The molecule has 0 unspecified atom stereocenters. The quantitative estimate of drug-likeness (QED) is 0.401. The van der Waals surface area contributed by atoms with Crippen LogP contribution in [0.5, 0.6) is 23.0 Å². The standard InChI is InChI=1S/C27H28O6/c1-27(2,26(28)29)33-23-7-5-6-21(16-23)18-32-25-15-20(14-24(17-25)31-4)9-8-19-10-12-22(30-3)13-11-19/h5-17H,18H2,1-4H3,(H,28,29)/b9-8+. The first kappa shape index (κ1) is 23.7.